The number of benzene rings is 2. The Hall–Kier alpha value is -3.00. The first kappa shape index (κ1) is 18.8. The Labute approximate surface area is 161 Å². The first-order chi connectivity index (χ1) is 13.1. The Morgan fingerprint density at radius 1 is 1.15 bits per heavy atom. The summed E-state index contributed by atoms with van der Waals surface area (Å²) < 4.78 is 16.2. The minimum atomic E-state index is -0.142. The summed E-state index contributed by atoms with van der Waals surface area (Å²) in [5.74, 6) is 1.70. The number of ether oxygens (including phenoxy) is 2. The van der Waals surface area contributed by atoms with Crippen LogP contribution in [0.4, 0.5) is 5.69 Å². The van der Waals surface area contributed by atoms with Crippen LogP contribution in [0.1, 0.15) is 11.5 Å². The van der Waals surface area contributed by atoms with Gasteiger partial charge in [0.1, 0.15) is 11.5 Å². The van der Waals surface area contributed by atoms with Crippen molar-refractivity contribution in [1.29, 1.82) is 0 Å². The van der Waals surface area contributed by atoms with E-state index in [0.29, 0.717) is 22.6 Å². The van der Waals surface area contributed by atoms with Gasteiger partial charge in [0.15, 0.2) is 6.61 Å². The number of nitrogens with one attached hydrogen (secondary N) is 1. The number of anilines is 1. The van der Waals surface area contributed by atoms with E-state index in [0.717, 1.165) is 11.3 Å². The van der Waals surface area contributed by atoms with E-state index in [9.17, 15) is 4.79 Å². The van der Waals surface area contributed by atoms with Gasteiger partial charge in [0, 0.05) is 11.8 Å². The molecule has 27 heavy (non-hydrogen) atoms. The third kappa shape index (κ3) is 5.75. The molecule has 0 spiro atoms. The highest BCUT2D eigenvalue weighted by Gasteiger charge is 2.11. The number of hydrogen-bond acceptors (Lipinski definition) is 7. The van der Waals surface area contributed by atoms with E-state index in [-0.39, 0.29) is 18.3 Å². The van der Waals surface area contributed by atoms with E-state index in [1.54, 1.807) is 13.2 Å². The Morgan fingerprint density at radius 2 is 1.93 bits per heavy atom. The summed E-state index contributed by atoms with van der Waals surface area (Å²) in [4.78, 5) is 12.0. The number of rotatable bonds is 8. The van der Waals surface area contributed by atoms with Gasteiger partial charge in [0.05, 0.1) is 12.9 Å². The van der Waals surface area contributed by atoms with Crippen molar-refractivity contribution < 1.29 is 18.7 Å². The Balaban J connectivity index is 1.46. The number of hydrogen-bond donors (Lipinski definition) is 1. The molecule has 0 fully saturated rings. The van der Waals surface area contributed by atoms with E-state index in [2.05, 4.69) is 15.5 Å². The van der Waals surface area contributed by atoms with Gasteiger partial charge in [-0.2, -0.15) is 0 Å². The predicted molar refractivity (Wildman–Crippen MR) is 102 cm³/mol. The maximum absolute atomic E-state index is 12.0. The molecule has 0 radical (unpaired) electrons. The maximum Gasteiger partial charge on any atom is 0.277 e. The summed E-state index contributed by atoms with van der Waals surface area (Å²) in [6.07, 6.45) is 0. The van der Waals surface area contributed by atoms with Gasteiger partial charge in [-0.25, -0.2) is 0 Å². The van der Waals surface area contributed by atoms with Crippen molar-refractivity contribution in [3.63, 3.8) is 0 Å². The number of amides is 1. The average molecular weight is 385 g/mol. The summed E-state index contributed by atoms with van der Waals surface area (Å²) in [5, 5.41) is 11.0. The molecule has 0 aliphatic heterocycles. The smallest absolute Gasteiger partial charge is 0.277 e. The molecule has 0 aliphatic carbocycles. The highest BCUT2D eigenvalue weighted by molar-refractivity contribution is 7.99. The van der Waals surface area contributed by atoms with E-state index < -0.39 is 0 Å². The van der Waals surface area contributed by atoms with Gasteiger partial charge in [0.25, 0.3) is 11.1 Å². The molecule has 3 aromatic rings. The first-order valence-corrected chi connectivity index (χ1v) is 9.19. The Kier molecular flexibility index (Phi) is 6.32. The van der Waals surface area contributed by atoms with Crippen LogP contribution in [0.15, 0.2) is 58.2 Å². The summed E-state index contributed by atoms with van der Waals surface area (Å²) in [6.45, 7) is 2.13. The lowest BCUT2D eigenvalue weighted by molar-refractivity contribution is -0.113. The fraction of sp³-hybridized carbons (Fsp3) is 0.211. The van der Waals surface area contributed by atoms with Crippen molar-refractivity contribution in [3.8, 4) is 11.5 Å². The van der Waals surface area contributed by atoms with Gasteiger partial charge in [-0.05, 0) is 31.2 Å². The number of nitrogens with zero attached hydrogens (tertiary/aromatic N) is 2. The van der Waals surface area contributed by atoms with Crippen molar-refractivity contribution in [2.24, 2.45) is 0 Å². The molecule has 8 heteroatoms. The van der Waals surface area contributed by atoms with Crippen molar-refractivity contribution in [3.05, 3.63) is 60.0 Å². The molecule has 0 saturated carbocycles. The van der Waals surface area contributed by atoms with Gasteiger partial charge in [-0.1, -0.05) is 35.5 Å². The van der Waals surface area contributed by atoms with Gasteiger partial charge >= 0.3 is 0 Å². The Bertz CT molecular complexity index is 896. The zero-order valence-electron chi connectivity index (χ0n) is 15.0. The molecule has 1 N–H and O–H groups in total. The number of carbonyl (C=O) groups excluding carboxylic acids is 1. The van der Waals surface area contributed by atoms with Crippen molar-refractivity contribution >= 4 is 23.4 Å². The number of thioether (sulfide) groups is 1. The third-order valence-corrected chi connectivity index (χ3v) is 4.33. The average Bonchev–Trinajstić information content (AvgIpc) is 3.15. The number of methoxy groups -OCH3 is 1. The summed E-state index contributed by atoms with van der Waals surface area (Å²) in [7, 11) is 1.59. The molecule has 0 atom stereocenters. The number of aromatic nitrogens is 2. The molecule has 2 aromatic carbocycles. The van der Waals surface area contributed by atoms with Crippen LogP contribution in [0.25, 0.3) is 0 Å². The standard InChI is InChI=1S/C19H19N3O4S/c1-13-6-8-14(9-7-13)20-17(23)12-27-19-22-21-18(26-19)11-25-16-5-3-4-15(10-16)24-2/h3-10H,11-12H2,1-2H3,(H,20,23). The predicted octanol–water partition coefficient (Wildman–Crippen LogP) is 3.70. The van der Waals surface area contributed by atoms with Crippen molar-refractivity contribution in [2.75, 3.05) is 18.2 Å². The first-order valence-electron chi connectivity index (χ1n) is 8.21. The molecular formula is C19H19N3O4S. The largest absolute Gasteiger partial charge is 0.497 e. The SMILES string of the molecule is COc1cccc(OCc2nnc(SCC(=O)Nc3ccc(C)cc3)o2)c1. The summed E-state index contributed by atoms with van der Waals surface area (Å²) >= 11 is 1.17. The minimum absolute atomic E-state index is 0.135. The van der Waals surface area contributed by atoms with Crippen LogP contribution in [0.2, 0.25) is 0 Å². The zero-order valence-corrected chi connectivity index (χ0v) is 15.8. The fourth-order valence-electron chi connectivity index (χ4n) is 2.15. The Morgan fingerprint density at radius 3 is 2.70 bits per heavy atom. The van der Waals surface area contributed by atoms with Crippen LogP contribution in [0, 0.1) is 6.92 Å². The summed E-state index contributed by atoms with van der Waals surface area (Å²) in [5.41, 5.74) is 1.89. The normalized spacial score (nSPS) is 10.4. The van der Waals surface area contributed by atoms with Crippen molar-refractivity contribution in [1.82, 2.24) is 10.2 Å². The van der Waals surface area contributed by atoms with E-state index in [4.69, 9.17) is 13.9 Å². The van der Waals surface area contributed by atoms with E-state index in [1.165, 1.54) is 11.8 Å². The molecule has 0 saturated heterocycles. The second-order valence-corrected chi connectivity index (χ2v) is 6.56. The maximum atomic E-state index is 12.0. The second-order valence-electron chi connectivity index (χ2n) is 5.63. The van der Waals surface area contributed by atoms with Crippen LogP contribution in [0.3, 0.4) is 0 Å². The van der Waals surface area contributed by atoms with Gasteiger partial charge in [-0.15, -0.1) is 10.2 Å². The molecule has 1 heterocycles. The summed E-state index contributed by atoms with van der Waals surface area (Å²) in [6, 6.07) is 14.8. The van der Waals surface area contributed by atoms with Crippen molar-refractivity contribution in [2.45, 2.75) is 18.8 Å². The topological polar surface area (TPSA) is 86.5 Å². The molecule has 7 nitrogen and oxygen atoms in total. The van der Waals surface area contributed by atoms with Crippen LogP contribution >= 0.6 is 11.8 Å². The van der Waals surface area contributed by atoms with Crippen LogP contribution in [0.5, 0.6) is 11.5 Å². The van der Waals surface area contributed by atoms with Crippen LogP contribution < -0.4 is 14.8 Å². The fourth-order valence-corrected chi connectivity index (χ4v) is 2.73. The molecular weight excluding hydrogens is 366 g/mol. The highest BCUT2D eigenvalue weighted by atomic mass is 32.2. The van der Waals surface area contributed by atoms with Crippen LogP contribution in [-0.4, -0.2) is 29.0 Å². The molecule has 0 unspecified atom stereocenters. The van der Waals surface area contributed by atoms with E-state index >= 15 is 0 Å². The van der Waals surface area contributed by atoms with E-state index in [1.807, 2.05) is 49.4 Å². The third-order valence-electron chi connectivity index (χ3n) is 3.51. The second kappa shape index (κ2) is 9.09. The van der Waals surface area contributed by atoms with Gasteiger partial charge < -0.3 is 19.2 Å². The number of aryl methyl sites for hydroxylation is 1. The van der Waals surface area contributed by atoms with Gasteiger partial charge in [-0.3, -0.25) is 4.79 Å². The minimum Gasteiger partial charge on any atom is -0.497 e. The molecule has 3 rings (SSSR count). The quantitative estimate of drug-likeness (QED) is 0.592. The molecule has 140 valence electrons. The molecule has 0 bridgehead atoms. The van der Waals surface area contributed by atoms with Gasteiger partial charge in [0.2, 0.25) is 5.91 Å². The number of carbonyl (C=O) groups is 1. The lowest BCUT2D eigenvalue weighted by atomic mass is 10.2. The lowest BCUT2D eigenvalue weighted by Gasteiger charge is -2.05. The van der Waals surface area contributed by atoms with Crippen LogP contribution in [-0.2, 0) is 11.4 Å². The molecule has 1 amide bonds. The zero-order chi connectivity index (χ0) is 19.1. The monoisotopic (exact) mass is 385 g/mol. The molecule has 1 aromatic heterocycles. The lowest BCUT2D eigenvalue weighted by Crippen LogP contribution is -2.13. The highest BCUT2D eigenvalue weighted by Crippen LogP contribution is 2.21. The molecule has 0 aliphatic rings.